The van der Waals surface area contributed by atoms with Crippen molar-refractivity contribution in [1.29, 1.82) is 0 Å². The summed E-state index contributed by atoms with van der Waals surface area (Å²) in [6, 6.07) is 23.7. The molecule has 5 heteroatoms. The quantitative estimate of drug-likeness (QED) is 0.530. The van der Waals surface area contributed by atoms with Crippen LogP contribution in [0.15, 0.2) is 90.6 Å². The van der Waals surface area contributed by atoms with Crippen LogP contribution in [0.4, 0.5) is 5.69 Å². The summed E-state index contributed by atoms with van der Waals surface area (Å²) in [5, 5.41) is 2.78. The summed E-state index contributed by atoms with van der Waals surface area (Å²) < 4.78 is 11.1. The van der Waals surface area contributed by atoms with Crippen LogP contribution in [0.5, 0.6) is 11.5 Å². The summed E-state index contributed by atoms with van der Waals surface area (Å²) in [6.45, 7) is 0. The van der Waals surface area contributed by atoms with Gasteiger partial charge in [0.25, 0.3) is 0 Å². The van der Waals surface area contributed by atoms with E-state index in [-0.39, 0.29) is 6.04 Å². The first-order valence-corrected chi connectivity index (χ1v) is 10.0. The fourth-order valence-electron chi connectivity index (χ4n) is 3.56. The van der Waals surface area contributed by atoms with Crippen LogP contribution in [0, 0.1) is 0 Å². The maximum Gasteiger partial charge on any atom is 0.126 e. The van der Waals surface area contributed by atoms with Gasteiger partial charge >= 0.3 is 0 Å². The van der Waals surface area contributed by atoms with Crippen molar-refractivity contribution in [2.75, 3.05) is 19.2 Å². The summed E-state index contributed by atoms with van der Waals surface area (Å²) in [7, 11) is 3.37. The van der Waals surface area contributed by atoms with Crippen LogP contribution in [0.3, 0.4) is 0 Å². The Hall–Kier alpha value is -3.37. The smallest absolute Gasteiger partial charge is 0.126 e. The molecule has 152 valence electrons. The van der Waals surface area contributed by atoms with Crippen LogP contribution in [0.25, 0.3) is 6.08 Å². The van der Waals surface area contributed by atoms with Crippen molar-refractivity contribution in [2.24, 2.45) is 0 Å². The van der Waals surface area contributed by atoms with Crippen molar-refractivity contribution in [3.63, 3.8) is 0 Å². The summed E-state index contributed by atoms with van der Waals surface area (Å²) in [5.41, 5.74) is 7.51. The van der Waals surface area contributed by atoms with Crippen LogP contribution in [-0.2, 0) is 0 Å². The van der Waals surface area contributed by atoms with Gasteiger partial charge in [-0.25, -0.2) is 0 Å². The highest BCUT2D eigenvalue weighted by molar-refractivity contribution is 6.30. The first-order chi connectivity index (χ1) is 14.7. The van der Waals surface area contributed by atoms with Gasteiger partial charge in [-0.3, -0.25) is 10.4 Å². The zero-order chi connectivity index (χ0) is 20.9. The number of rotatable bonds is 6. The van der Waals surface area contributed by atoms with Gasteiger partial charge in [-0.05, 0) is 48.6 Å². The predicted molar refractivity (Wildman–Crippen MR) is 123 cm³/mol. The summed E-state index contributed by atoms with van der Waals surface area (Å²) in [5.74, 6) is 1.67. The molecular weight excluding hydrogens is 396 g/mol. The number of hydrogen-bond acceptors (Lipinski definition) is 4. The molecule has 4 rings (SSSR count). The topological polar surface area (TPSA) is 33.7 Å². The Morgan fingerprint density at radius 1 is 0.867 bits per heavy atom. The number of methoxy groups -OCH3 is 2. The standard InChI is InChI=1S/C25H23ClN2O2/c1-29-24-12-5-3-8-18(24)14-15-20-17-23(22-11-4-6-13-25(22)30-2)28(27-20)21-10-7-9-19(26)16-21/h3-17,23,27H,1-2H3/b15-14+/t23-/m0/s1. The van der Waals surface area contributed by atoms with Crippen molar-refractivity contribution in [2.45, 2.75) is 6.04 Å². The Bertz CT molecular complexity index is 1090. The molecule has 1 N–H and O–H groups in total. The lowest BCUT2D eigenvalue weighted by molar-refractivity contribution is 0.407. The SMILES string of the molecule is COc1ccccc1/C=C/C1=C[C@@H](c2ccccc2OC)N(c2cccc(Cl)c2)N1. The second-order valence-electron chi connectivity index (χ2n) is 6.85. The number of hydrazine groups is 1. The molecule has 0 bridgehead atoms. The van der Waals surface area contributed by atoms with Gasteiger partial charge in [0.05, 0.1) is 31.6 Å². The Kier molecular flexibility index (Phi) is 5.96. The van der Waals surface area contributed by atoms with Crippen molar-refractivity contribution in [3.8, 4) is 11.5 Å². The molecule has 1 aliphatic rings. The molecule has 30 heavy (non-hydrogen) atoms. The van der Waals surface area contributed by atoms with Gasteiger partial charge in [-0.1, -0.05) is 54.1 Å². The molecule has 0 amide bonds. The van der Waals surface area contributed by atoms with E-state index >= 15 is 0 Å². The van der Waals surface area contributed by atoms with E-state index in [1.165, 1.54) is 0 Å². The summed E-state index contributed by atoms with van der Waals surface area (Å²) in [4.78, 5) is 0. The molecule has 3 aromatic rings. The third-order valence-electron chi connectivity index (χ3n) is 4.99. The minimum Gasteiger partial charge on any atom is -0.496 e. The largest absolute Gasteiger partial charge is 0.496 e. The molecule has 0 saturated carbocycles. The fourth-order valence-corrected chi connectivity index (χ4v) is 3.74. The molecule has 3 aromatic carbocycles. The van der Waals surface area contributed by atoms with Gasteiger partial charge in [0.2, 0.25) is 0 Å². The van der Waals surface area contributed by atoms with Crippen molar-refractivity contribution in [1.82, 2.24) is 5.43 Å². The third kappa shape index (κ3) is 4.14. The van der Waals surface area contributed by atoms with Crippen LogP contribution in [-0.4, -0.2) is 14.2 Å². The number of benzene rings is 3. The van der Waals surface area contributed by atoms with E-state index in [4.69, 9.17) is 21.1 Å². The average Bonchev–Trinajstić information content (AvgIpc) is 3.22. The molecular formula is C25H23ClN2O2. The molecule has 1 aliphatic heterocycles. The van der Waals surface area contributed by atoms with Gasteiger partial charge < -0.3 is 9.47 Å². The molecule has 0 aliphatic carbocycles. The van der Waals surface area contributed by atoms with Gasteiger partial charge in [0.15, 0.2) is 0 Å². The minimum absolute atomic E-state index is 0.0584. The van der Waals surface area contributed by atoms with Gasteiger partial charge in [-0.15, -0.1) is 0 Å². The molecule has 0 spiro atoms. The fraction of sp³-hybridized carbons (Fsp3) is 0.120. The van der Waals surface area contributed by atoms with E-state index in [0.29, 0.717) is 5.02 Å². The van der Waals surface area contributed by atoms with Gasteiger partial charge in [0.1, 0.15) is 11.5 Å². The highest BCUT2D eigenvalue weighted by Crippen LogP contribution is 2.37. The van der Waals surface area contributed by atoms with Crippen LogP contribution < -0.4 is 19.9 Å². The number of nitrogens with one attached hydrogen (secondary N) is 1. The highest BCUT2D eigenvalue weighted by atomic mass is 35.5. The molecule has 1 atom stereocenters. The number of hydrogen-bond donors (Lipinski definition) is 1. The van der Waals surface area contributed by atoms with Gasteiger partial charge in [-0.2, -0.15) is 0 Å². The Balaban J connectivity index is 1.71. The van der Waals surface area contributed by atoms with Crippen LogP contribution in [0.2, 0.25) is 5.02 Å². The van der Waals surface area contributed by atoms with Crippen molar-refractivity contribution in [3.05, 3.63) is 107 Å². The third-order valence-corrected chi connectivity index (χ3v) is 5.23. The predicted octanol–water partition coefficient (Wildman–Crippen LogP) is 6.02. The maximum atomic E-state index is 6.26. The number of para-hydroxylation sites is 2. The monoisotopic (exact) mass is 418 g/mol. The molecule has 1 heterocycles. The van der Waals surface area contributed by atoms with E-state index in [1.807, 2.05) is 78.9 Å². The minimum atomic E-state index is -0.0584. The molecule has 0 unspecified atom stereocenters. The van der Waals surface area contributed by atoms with E-state index in [1.54, 1.807) is 14.2 Å². The first-order valence-electron chi connectivity index (χ1n) is 9.67. The zero-order valence-electron chi connectivity index (χ0n) is 16.9. The van der Waals surface area contributed by atoms with Crippen LogP contribution in [0.1, 0.15) is 17.2 Å². The van der Waals surface area contributed by atoms with Crippen molar-refractivity contribution < 1.29 is 9.47 Å². The highest BCUT2D eigenvalue weighted by Gasteiger charge is 2.28. The van der Waals surface area contributed by atoms with E-state index in [0.717, 1.165) is 34.0 Å². The Morgan fingerprint density at radius 2 is 1.60 bits per heavy atom. The number of ether oxygens (including phenoxy) is 2. The Labute approximate surface area is 182 Å². The summed E-state index contributed by atoms with van der Waals surface area (Å²) >= 11 is 6.26. The molecule has 0 fully saturated rings. The van der Waals surface area contributed by atoms with Gasteiger partial charge in [0, 0.05) is 16.1 Å². The number of anilines is 1. The lowest BCUT2D eigenvalue weighted by Gasteiger charge is -2.28. The van der Waals surface area contributed by atoms with E-state index in [9.17, 15) is 0 Å². The van der Waals surface area contributed by atoms with Crippen molar-refractivity contribution >= 4 is 23.4 Å². The molecule has 0 saturated heterocycles. The zero-order valence-corrected chi connectivity index (χ0v) is 17.6. The second kappa shape index (κ2) is 8.97. The lowest BCUT2D eigenvalue weighted by Crippen LogP contribution is -2.34. The Morgan fingerprint density at radius 3 is 2.37 bits per heavy atom. The number of nitrogens with zero attached hydrogens (tertiary/aromatic N) is 1. The molecule has 0 radical (unpaired) electrons. The summed E-state index contributed by atoms with van der Waals surface area (Å²) in [6.07, 6.45) is 6.26. The van der Waals surface area contributed by atoms with Crippen LogP contribution >= 0.6 is 11.6 Å². The average molecular weight is 419 g/mol. The maximum absolute atomic E-state index is 6.26. The number of halogens is 1. The second-order valence-corrected chi connectivity index (χ2v) is 7.28. The van der Waals surface area contributed by atoms with E-state index < -0.39 is 0 Å². The lowest BCUT2D eigenvalue weighted by atomic mass is 10.0. The number of allylic oxidation sites excluding steroid dienone is 1. The molecule has 4 nitrogen and oxygen atoms in total. The molecule has 0 aromatic heterocycles. The first kappa shape index (κ1) is 19.9. The normalized spacial score (nSPS) is 15.8. The van der Waals surface area contributed by atoms with E-state index in [2.05, 4.69) is 22.6 Å².